The molecule has 5 heterocycles. The Morgan fingerprint density at radius 1 is 0.482 bits per heavy atom. The van der Waals surface area contributed by atoms with Crippen molar-refractivity contribution in [1.29, 1.82) is 0 Å². The van der Waals surface area contributed by atoms with E-state index in [0.717, 1.165) is 90.4 Å². The van der Waals surface area contributed by atoms with Crippen LogP contribution in [0.1, 0.15) is 94.0 Å². The van der Waals surface area contributed by atoms with Gasteiger partial charge in [-0.15, -0.1) is 0 Å². The van der Waals surface area contributed by atoms with Crippen molar-refractivity contribution in [2.75, 3.05) is 39.6 Å². The van der Waals surface area contributed by atoms with Crippen molar-refractivity contribution in [3.05, 3.63) is 88.7 Å². The highest BCUT2D eigenvalue weighted by Gasteiger charge is 2.31. The average molecular weight is 775 g/mol. The average Bonchev–Trinajstić information content (AvgIpc) is 3.86. The summed E-state index contributed by atoms with van der Waals surface area (Å²) in [6.07, 6.45) is 10.5. The van der Waals surface area contributed by atoms with Crippen molar-refractivity contribution in [3.8, 4) is 0 Å². The maximum atomic E-state index is 13.2. The third-order valence-corrected chi connectivity index (χ3v) is 11.5. The fraction of sp³-hybridized carbons (Fsp3) is 0.476. The van der Waals surface area contributed by atoms with E-state index in [-0.39, 0.29) is 12.8 Å². The van der Waals surface area contributed by atoms with Crippen LogP contribution in [0.4, 0.5) is 0 Å². The van der Waals surface area contributed by atoms with Gasteiger partial charge in [-0.25, -0.2) is 0 Å². The van der Waals surface area contributed by atoms with Crippen molar-refractivity contribution < 1.29 is 40.2 Å². The summed E-state index contributed by atoms with van der Waals surface area (Å²) in [6.45, 7) is 8.72. The molecule has 5 rings (SSSR count). The van der Waals surface area contributed by atoms with Crippen molar-refractivity contribution in [3.63, 3.8) is 0 Å². The summed E-state index contributed by atoms with van der Waals surface area (Å²) in [6, 6.07) is 0. The highest BCUT2D eigenvalue weighted by molar-refractivity contribution is 5.78. The van der Waals surface area contributed by atoms with E-state index >= 15 is 0 Å². The van der Waals surface area contributed by atoms with Gasteiger partial charge in [0.1, 0.15) is 11.1 Å². The highest BCUT2D eigenvalue weighted by atomic mass is 16.3. The molecule has 0 radical (unpaired) electrons. The van der Waals surface area contributed by atoms with E-state index < -0.39 is 62.5 Å². The van der Waals surface area contributed by atoms with Crippen molar-refractivity contribution >= 4 is 36.1 Å². The lowest BCUT2D eigenvalue weighted by Crippen LogP contribution is -2.57. The molecule has 0 atom stereocenters. The first-order valence-corrected chi connectivity index (χ1v) is 19.3. The van der Waals surface area contributed by atoms with Gasteiger partial charge < -0.3 is 61.2 Å². The molecule has 304 valence electrons. The quantitative estimate of drug-likeness (QED) is 0.0563. The van der Waals surface area contributed by atoms with E-state index in [9.17, 15) is 40.2 Å². The summed E-state index contributed by atoms with van der Waals surface area (Å²) in [5.41, 5.74) is 8.69. The Kier molecular flexibility index (Phi) is 13.4. The number of fused-ring (bicyclic) bond motifs is 8. The SMILES string of the molecule is CCc1c2[nH]c(c1C)C=c1[nH]c(c(CCC(=O)NC(CO)(CO)CO)c1C)=Cc1[nH]c(c(C)c1CCC(=O)NC(CO)(CO)CO)C=c1[nH]c(c(C)c1CC)=C2. The second-order valence-corrected chi connectivity index (χ2v) is 15.1. The van der Waals surface area contributed by atoms with Crippen LogP contribution in [0, 0.1) is 27.7 Å². The van der Waals surface area contributed by atoms with Crippen LogP contribution in [-0.2, 0) is 35.3 Å². The molecule has 0 aromatic carbocycles. The molecule has 0 unspecified atom stereocenters. The Labute approximate surface area is 325 Å². The van der Waals surface area contributed by atoms with Gasteiger partial charge in [-0.3, -0.25) is 9.59 Å². The number of amides is 2. The lowest BCUT2D eigenvalue weighted by molar-refractivity contribution is -0.126. The number of aromatic nitrogens is 4. The van der Waals surface area contributed by atoms with Gasteiger partial charge in [-0.05, 0) is 122 Å². The summed E-state index contributed by atoms with van der Waals surface area (Å²) in [4.78, 5) is 40.9. The van der Waals surface area contributed by atoms with Gasteiger partial charge in [0.2, 0.25) is 11.8 Å². The number of rotatable bonds is 16. The molecule has 1 aliphatic rings. The van der Waals surface area contributed by atoms with Gasteiger partial charge in [-0.1, -0.05) is 13.8 Å². The third-order valence-electron chi connectivity index (χ3n) is 11.5. The van der Waals surface area contributed by atoms with Gasteiger partial charge in [0.15, 0.2) is 0 Å². The lowest BCUT2D eigenvalue weighted by Gasteiger charge is -2.28. The van der Waals surface area contributed by atoms with Crippen LogP contribution in [0.2, 0.25) is 0 Å². The fourth-order valence-electron chi connectivity index (χ4n) is 7.65. The largest absolute Gasteiger partial charge is 0.394 e. The number of carbonyl (C=O) groups excluding carboxylic acids is 2. The molecule has 4 aromatic rings. The van der Waals surface area contributed by atoms with Crippen molar-refractivity contribution in [2.45, 2.75) is 91.1 Å². The monoisotopic (exact) mass is 774 g/mol. The number of carbonyl (C=O) groups is 2. The molecule has 2 amide bonds. The van der Waals surface area contributed by atoms with Crippen molar-refractivity contribution in [1.82, 2.24) is 30.6 Å². The number of H-pyrrole nitrogens is 4. The summed E-state index contributed by atoms with van der Waals surface area (Å²) in [7, 11) is 0. The number of aliphatic hydroxyl groups excluding tert-OH is 6. The maximum absolute atomic E-state index is 13.2. The normalized spacial score (nSPS) is 12.8. The van der Waals surface area contributed by atoms with Gasteiger partial charge in [0.05, 0.1) is 39.6 Å². The topological polar surface area (TPSA) is 243 Å². The van der Waals surface area contributed by atoms with Gasteiger partial charge >= 0.3 is 0 Å². The molecule has 0 saturated carbocycles. The predicted octanol–water partition coefficient (Wildman–Crippen LogP) is -1.48. The Morgan fingerprint density at radius 2 is 0.839 bits per heavy atom. The smallest absolute Gasteiger partial charge is 0.220 e. The maximum Gasteiger partial charge on any atom is 0.220 e. The molecular formula is C42H58N6O8. The molecule has 14 heteroatoms. The van der Waals surface area contributed by atoms with Crippen LogP contribution in [0.5, 0.6) is 0 Å². The lowest BCUT2D eigenvalue weighted by atomic mass is 10.00. The van der Waals surface area contributed by atoms with E-state index in [2.05, 4.69) is 76.5 Å². The number of hydrogen-bond donors (Lipinski definition) is 12. The number of nitrogens with one attached hydrogen (secondary N) is 6. The van der Waals surface area contributed by atoms with Gasteiger partial charge in [-0.2, -0.15) is 0 Å². The van der Waals surface area contributed by atoms with Crippen LogP contribution >= 0.6 is 0 Å². The molecular weight excluding hydrogens is 716 g/mol. The minimum absolute atomic E-state index is 0.00750. The summed E-state index contributed by atoms with van der Waals surface area (Å²) >= 11 is 0. The third kappa shape index (κ3) is 8.36. The second-order valence-electron chi connectivity index (χ2n) is 15.1. The summed E-state index contributed by atoms with van der Waals surface area (Å²) in [5.74, 6) is -0.885. The fourth-order valence-corrected chi connectivity index (χ4v) is 7.65. The number of aliphatic hydroxyl groups is 6. The molecule has 0 fully saturated rings. The van der Waals surface area contributed by atoms with Crippen LogP contribution in [0.25, 0.3) is 24.3 Å². The standard InChI is InChI=1S/C42H58N6O8/c1-7-27-23(3)31-13-32-25(5)29(9-11-39(55)47-41(17-49,18-50)19-51)37(45-32)16-38-30(10-12-40(56)48-42(20-52,21-53)22-54)26(6)34(46-38)15-36-28(8-2)24(4)33(44-36)14-35(27)43-31/h13-16,43-46,49-54H,7-12,17-22H2,1-6H3,(H,47,55)(H,48,56). The zero-order chi connectivity index (χ0) is 40.9. The van der Waals surface area contributed by atoms with Crippen LogP contribution in [0.15, 0.2) is 0 Å². The van der Waals surface area contributed by atoms with E-state index in [1.54, 1.807) is 0 Å². The first kappa shape index (κ1) is 42.4. The zero-order valence-corrected chi connectivity index (χ0v) is 33.3. The van der Waals surface area contributed by atoms with Crippen LogP contribution in [0.3, 0.4) is 0 Å². The van der Waals surface area contributed by atoms with Crippen molar-refractivity contribution in [2.24, 2.45) is 0 Å². The molecule has 14 nitrogen and oxygen atoms in total. The molecule has 12 N–H and O–H groups in total. The molecule has 0 spiro atoms. The first-order chi connectivity index (χ1) is 26.7. The number of aromatic amines is 4. The molecule has 1 aliphatic heterocycles. The van der Waals surface area contributed by atoms with Gasteiger partial charge in [0.25, 0.3) is 0 Å². The Balaban J connectivity index is 1.73. The summed E-state index contributed by atoms with van der Waals surface area (Å²) in [5, 5.41) is 67.5. The second kappa shape index (κ2) is 17.6. The van der Waals surface area contributed by atoms with Crippen LogP contribution in [-0.4, -0.2) is 113 Å². The Hall–Kier alpha value is -4.70. The molecule has 56 heavy (non-hydrogen) atoms. The minimum atomic E-state index is -1.55. The summed E-state index contributed by atoms with van der Waals surface area (Å²) < 4.78 is 0. The minimum Gasteiger partial charge on any atom is -0.394 e. The predicted molar refractivity (Wildman–Crippen MR) is 215 cm³/mol. The first-order valence-electron chi connectivity index (χ1n) is 19.3. The molecule has 0 saturated heterocycles. The van der Waals surface area contributed by atoms with Gasteiger partial charge in [0, 0.05) is 57.0 Å². The van der Waals surface area contributed by atoms with E-state index in [4.69, 9.17) is 0 Å². The Morgan fingerprint density at radius 3 is 1.30 bits per heavy atom. The highest BCUT2D eigenvalue weighted by Crippen LogP contribution is 2.24. The van der Waals surface area contributed by atoms with Crippen LogP contribution < -0.4 is 32.0 Å². The number of hydrogen-bond acceptors (Lipinski definition) is 8. The zero-order valence-electron chi connectivity index (χ0n) is 33.3. The molecule has 0 aliphatic carbocycles. The molecule has 4 aromatic heterocycles. The Bertz CT molecular complexity index is 2300. The van der Waals surface area contributed by atoms with E-state index in [0.29, 0.717) is 12.8 Å². The van der Waals surface area contributed by atoms with E-state index in [1.165, 1.54) is 11.1 Å². The molecule has 8 bridgehead atoms. The van der Waals surface area contributed by atoms with E-state index in [1.807, 2.05) is 19.9 Å².